The number of nitrogens with zero attached hydrogens (tertiary/aromatic N) is 3. The zero-order chi connectivity index (χ0) is 16.3. The molecule has 0 saturated carbocycles. The van der Waals surface area contributed by atoms with Crippen molar-refractivity contribution < 1.29 is 18.0 Å². The monoisotopic (exact) mass is 316 g/mol. The van der Waals surface area contributed by atoms with Gasteiger partial charge in [-0.1, -0.05) is 0 Å². The summed E-state index contributed by atoms with van der Waals surface area (Å²) in [4.78, 5) is 19.1. The third kappa shape index (κ3) is 3.88. The third-order valence-electron chi connectivity index (χ3n) is 3.89. The lowest BCUT2D eigenvalue weighted by atomic mass is 10.2. The first kappa shape index (κ1) is 16.5. The highest BCUT2D eigenvalue weighted by atomic mass is 19.4. The number of nitrogens with two attached hydrogens (primary N) is 1. The highest BCUT2D eigenvalue weighted by molar-refractivity contribution is 5.79. The number of anilines is 1. The fraction of sp³-hybridized carbons (Fsp3) is 0.571. The fourth-order valence-corrected chi connectivity index (χ4v) is 2.47. The zero-order valence-corrected chi connectivity index (χ0v) is 12.3. The molecule has 2 N–H and O–H groups in total. The topological polar surface area (TPSA) is 62.5 Å². The van der Waals surface area contributed by atoms with Crippen molar-refractivity contribution in [3.63, 3.8) is 0 Å². The number of carbonyl (C=O) groups is 1. The molecule has 0 unspecified atom stereocenters. The molecular weight excluding hydrogens is 297 g/mol. The number of amides is 1. The van der Waals surface area contributed by atoms with Crippen molar-refractivity contribution in [2.75, 3.05) is 31.1 Å². The Labute approximate surface area is 126 Å². The highest BCUT2D eigenvalue weighted by Gasteiger charge is 2.31. The summed E-state index contributed by atoms with van der Waals surface area (Å²) in [5.41, 5.74) is 4.55. The quantitative estimate of drug-likeness (QED) is 0.918. The molecule has 0 aromatic carbocycles. The second-order valence-corrected chi connectivity index (χ2v) is 5.36. The van der Waals surface area contributed by atoms with Crippen molar-refractivity contribution in [3.8, 4) is 0 Å². The van der Waals surface area contributed by atoms with Gasteiger partial charge < -0.3 is 10.6 Å². The Bertz CT molecular complexity index is 518. The van der Waals surface area contributed by atoms with Crippen molar-refractivity contribution in [1.29, 1.82) is 0 Å². The summed E-state index contributed by atoms with van der Waals surface area (Å²) in [6, 6.07) is 2.08. The molecule has 0 aliphatic carbocycles. The number of hydrogen-bond acceptors (Lipinski definition) is 4. The molecule has 5 nitrogen and oxygen atoms in total. The molecule has 1 aliphatic rings. The number of aromatic nitrogens is 1. The molecule has 2 rings (SSSR count). The second kappa shape index (κ2) is 6.51. The van der Waals surface area contributed by atoms with Crippen LogP contribution in [0.4, 0.5) is 19.0 Å². The van der Waals surface area contributed by atoms with Crippen molar-refractivity contribution in [2.24, 2.45) is 5.73 Å². The van der Waals surface area contributed by atoms with Crippen LogP contribution in [0.3, 0.4) is 0 Å². The minimum atomic E-state index is -4.38. The van der Waals surface area contributed by atoms with E-state index >= 15 is 0 Å². The molecule has 1 amide bonds. The largest absolute Gasteiger partial charge is 0.417 e. The second-order valence-electron chi connectivity index (χ2n) is 5.36. The van der Waals surface area contributed by atoms with Crippen LogP contribution in [0.5, 0.6) is 0 Å². The maximum atomic E-state index is 12.5. The SMILES string of the molecule is C[C@H](C(N)=O)N1CCCN(c2ccc(C(F)(F)F)cn2)CC1. The Morgan fingerprint density at radius 2 is 2.00 bits per heavy atom. The van der Waals surface area contributed by atoms with E-state index in [4.69, 9.17) is 5.73 Å². The summed E-state index contributed by atoms with van der Waals surface area (Å²) < 4.78 is 37.6. The molecule has 1 fully saturated rings. The van der Waals surface area contributed by atoms with Crippen LogP contribution in [0.25, 0.3) is 0 Å². The van der Waals surface area contributed by atoms with Crippen LogP contribution in [0.15, 0.2) is 18.3 Å². The van der Waals surface area contributed by atoms with Gasteiger partial charge >= 0.3 is 6.18 Å². The molecule has 1 aliphatic heterocycles. The lowest BCUT2D eigenvalue weighted by molar-refractivity contribution is -0.137. The van der Waals surface area contributed by atoms with Gasteiger partial charge in [-0.15, -0.1) is 0 Å². The molecule has 122 valence electrons. The van der Waals surface area contributed by atoms with Crippen LogP contribution in [-0.4, -0.2) is 48.0 Å². The highest BCUT2D eigenvalue weighted by Crippen LogP contribution is 2.29. The Morgan fingerprint density at radius 1 is 1.27 bits per heavy atom. The summed E-state index contributed by atoms with van der Waals surface area (Å²) >= 11 is 0. The van der Waals surface area contributed by atoms with E-state index in [2.05, 4.69) is 4.98 Å². The number of pyridine rings is 1. The van der Waals surface area contributed by atoms with Crippen LogP contribution in [0.1, 0.15) is 18.9 Å². The van der Waals surface area contributed by atoms with Crippen molar-refractivity contribution in [1.82, 2.24) is 9.88 Å². The van der Waals surface area contributed by atoms with E-state index < -0.39 is 11.7 Å². The normalized spacial score (nSPS) is 18.8. The number of rotatable bonds is 3. The number of hydrogen-bond donors (Lipinski definition) is 1. The summed E-state index contributed by atoms with van der Waals surface area (Å²) in [5, 5.41) is 0. The van der Waals surface area contributed by atoms with E-state index in [9.17, 15) is 18.0 Å². The molecule has 2 heterocycles. The Balaban J connectivity index is 2.03. The number of carbonyl (C=O) groups excluding carboxylic acids is 1. The average Bonchev–Trinajstić information content (AvgIpc) is 2.71. The van der Waals surface area contributed by atoms with Gasteiger partial charge in [0.1, 0.15) is 5.82 Å². The molecule has 0 spiro atoms. The standard InChI is InChI=1S/C14H19F3N4O/c1-10(13(18)22)20-5-2-6-21(8-7-20)12-4-3-11(9-19-12)14(15,16)17/h3-4,9-10H,2,5-8H2,1H3,(H2,18,22)/t10-/m1/s1. The van der Waals surface area contributed by atoms with E-state index in [0.29, 0.717) is 25.5 Å². The van der Waals surface area contributed by atoms with E-state index in [1.165, 1.54) is 6.07 Å². The molecule has 0 bridgehead atoms. The summed E-state index contributed by atoms with van der Waals surface area (Å²) in [6.45, 7) is 4.37. The van der Waals surface area contributed by atoms with Crippen LogP contribution < -0.4 is 10.6 Å². The van der Waals surface area contributed by atoms with Gasteiger partial charge in [-0.05, 0) is 25.5 Å². The zero-order valence-electron chi connectivity index (χ0n) is 12.3. The number of primary amides is 1. The van der Waals surface area contributed by atoms with Crippen molar-refractivity contribution >= 4 is 11.7 Å². The molecule has 22 heavy (non-hydrogen) atoms. The van der Waals surface area contributed by atoms with Crippen LogP contribution in [-0.2, 0) is 11.0 Å². The van der Waals surface area contributed by atoms with Crippen LogP contribution in [0.2, 0.25) is 0 Å². The number of alkyl halides is 3. The third-order valence-corrected chi connectivity index (χ3v) is 3.89. The van der Waals surface area contributed by atoms with Crippen molar-refractivity contribution in [2.45, 2.75) is 25.6 Å². The maximum Gasteiger partial charge on any atom is 0.417 e. The summed E-state index contributed by atoms with van der Waals surface area (Å²) in [5.74, 6) is 0.141. The van der Waals surface area contributed by atoms with Gasteiger partial charge in [0.15, 0.2) is 0 Å². The van der Waals surface area contributed by atoms with Gasteiger partial charge in [-0.25, -0.2) is 4.98 Å². The first-order chi connectivity index (χ1) is 10.3. The number of halogens is 3. The Morgan fingerprint density at radius 3 is 2.55 bits per heavy atom. The van der Waals surface area contributed by atoms with Gasteiger partial charge in [0.2, 0.25) is 5.91 Å². The molecule has 1 saturated heterocycles. The fourth-order valence-electron chi connectivity index (χ4n) is 2.47. The lowest BCUT2D eigenvalue weighted by Gasteiger charge is -2.25. The molecular formula is C14H19F3N4O. The molecule has 8 heteroatoms. The van der Waals surface area contributed by atoms with E-state index in [-0.39, 0.29) is 11.9 Å². The molecule has 1 atom stereocenters. The Kier molecular flexibility index (Phi) is 4.90. The van der Waals surface area contributed by atoms with E-state index in [1.54, 1.807) is 6.92 Å². The first-order valence-electron chi connectivity index (χ1n) is 7.10. The van der Waals surface area contributed by atoms with E-state index in [0.717, 1.165) is 25.2 Å². The molecule has 1 aromatic heterocycles. The van der Waals surface area contributed by atoms with Gasteiger partial charge in [-0.2, -0.15) is 13.2 Å². The maximum absolute atomic E-state index is 12.5. The van der Waals surface area contributed by atoms with Crippen LogP contribution >= 0.6 is 0 Å². The van der Waals surface area contributed by atoms with Gasteiger partial charge in [0, 0.05) is 32.4 Å². The van der Waals surface area contributed by atoms with Crippen LogP contribution in [0, 0.1) is 0 Å². The van der Waals surface area contributed by atoms with Gasteiger partial charge in [0.05, 0.1) is 11.6 Å². The molecule has 0 radical (unpaired) electrons. The minimum absolute atomic E-state index is 0.347. The summed E-state index contributed by atoms with van der Waals surface area (Å²) in [6.07, 6.45) is -2.73. The van der Waals surface area contributed by atoms with E-state index in [1.807, 2.05) is 9.80 Å². The molecule has 1 aromatic rings. The summed E-state index contributed by atoms with van der Waals surface area (Å²) in [7, 11) is 0. The van der Waals surface area contributed by atoms with Gasteiger partial charge in [-0.3, -0.25) is 9.69 Å². The minimum Gasteiger partial charge on any atom is -0.368 e. The van der Waals surface area contributed by atoms with Gasteiger partial charge in [0.25, 0.3) is 0 Å². The Hall–Kier alpha value is -1.83. The predicted molar refractivity (Wildman–Crippen MR) is 76.3 cm³/mol. The van der Waals surface area contributed by atoms with Crippen molar-refractivity contribution in [3.05, 3.63) is 23.9 Å². The lowest BCUT2D eigenvalue weighted by Crippen LogP contribution is -2.44. The average molecular weight is 316 g/mol. The predicted octanol–water partition coefficient (Wildman–Crippen LogP) is 1.49. The first-order valence-corrected chi connectivity index (χ1v) is 7.10. The smallest absolute Gasteiger partial charge is 0.368 e.